The van der Waals surface area contributed by atoms with Gasteiger partial charge >= 0.3 is 18.2 Å². The minimum atomic E-state index is -0.791. The van der Waals surface area contributed by atoms with Crippen LogP contribution < -0.4 is 22.1 Å². The Balaban J connectivity index is 2.51. The number of hydrogen-bond acceptors (Lipinski definition) is 7. The maximum Gasteiger partial charge on any atom is 0.410 e. The second kappa shape index (κ2) is 14.0. The molecular weight excluding hydrogens is 456 g/mol. The van der Waals surface area contributed by atoms with Gasteiger partial charge in [-0.3, -0.25) is 4.79 Å². The molecule has 196 valence electrons. The van der Waals surface area contributed by atoms with Crippen LogP contribution in [-0.2, 0) is 20.9 Å². The number of urea groups is 1. The van der Waals surface area contributed by atoms with Crippen LogP contribution in [0.25, 0.3) is 0 Å². The molecular formula is C23H38N6O6. The van der Waals surface area contributed by atoms with E-state index in [9.17, 15) is 19.2 Å². The van der Waals surface area contributed by atoms with Crippen molar-refractivity contribution in [2.24, 2.45) is 11.5 Å². The number of amides is 5. The summed E-state index contributed by atoms with van der Waals surface area (Å²) in [6.07, 6.45) is -0.0998. The van der Waals surface area contributed by atoms with E-state index >= 15 is 0 Å². The Morgan fingerprint density at radius 2 is 1.57 bits per heavy atom. The van der Waals surface area contributed by atoms with Gasteiger partial charge in [0.1, 0.15) is 18.2 Å². The monoisotopic (exact) mass is 494 g/mol. The summed E-state index contributed by atoms with van der Waals surface area (Å²) < 4.78 is 10.6. The fourth-order valence-corrected chi connectivity index (χ4v) is 2.75. The van der Waals surface area contributed by atoms with E-state index in [1.165, 1.54) is 9.80 Å². The van der Waals surface area contributed by atoms with E-state index in [2.05, 4.69) is 10.6 Å². The Morgan fingerprint density at radius 3 is 2.09 bits per heavy atom. The zero-order chi connectivity index (χ0) is 26.6. The van der Waals surface area contributed by atoms with Gasteiger partial charge in [0.05, 0.1) is 0 Å². The number of carbonyl (C=O) groups excluding carboxylic acids is 4. The number of primary amides is 1. The van der Waals surface area contributed by atoms with E-state index in [4.69, 9.17) is 20.9 Å². The molecule has 0 aliphatic rings. The topological polar surface area (TPSA) is 169 Å². The molecule has 0 saturated carbocycles. The maximum absolute atomic E-state index is 12.4. The van der Waals surface area contributed by atoms with Crippen LogP contribution >= 0.6 is 0 Å². The van der Waals surface area contributed by atoms with Gasteiger partial charge in [0, 0.05) is 32.9 Å². The number of rotatable bonds is 11. The average molecular weight is 495 g/mol. The summed E-state index contributed by atoms with van der Waals surface area (Å²) >= 11 is 0. The Morgan fingerprint density at radius 1 is 1.00 bits per heavy atom. The highest BCUT2D eigenvalue weighted by Gasteiger charge is 2.21. The lowest BCUT2D eigenvalue weighted by Gasteiger charge is -2.26. The van der Waals surface area contributed by atoms with Crippen molar-refractivity contribution in [1.29, 1.82) is 0 Å². The molecule has 6 N–H and O–H groups in total. The first-order valence-corrected chi connectivity index (χ1v) is 11.3. The first-order chi connectivity index (χ1) is 16.3. The first kappa shape index (κ1) is 29.5. The van der Waals surface area contributed by atoms with Crippen molar-refractivity contribution in [3.05, 3.63) is 29.8 Å². The second-order valence-corrected chi connectivity index (χ2v) is 9.06. The lowest BCUT2D eigenvalue weighted by Crippen LogP contribution is -2.46. The van der Waals surface area contributed by atoms with Crippen LogP contribution in [0.3, 0.4) is 0 Å². The van der Waals surface area contributed by atoms with Gasteiger partial charge in [-0.1, -0.05) is 12.1 Å². The summed E-state index contributed by atoms with van der Waals surface area (Å²) in [5, 5.41) is 5.11. The highest BCUT2D eigenvalue weighted by Crippen LogP contribution is 2.13. The molecule has 0 aromatic heterocycles. The van der Waals surface area contributed by atoms with Crippen molar-refractivity contribution in [2.75, 3.05) is 39.0 Å². The molecule has 12 nitrogen and oxygen atoms in total. The molecule has 0 saturated heterocycles. The standard InChI is InChI=1S/C23H38N6O6/c1-23(2,3)35-22(33)29(5)14-13-28(4)21(32)34-15-16-8-10-17(11-9-16)26-19(30)18(7-6-12-24)27-20(25)31/h8-11,18H,6-7,12-15,24H2,1-5H3,(H,26,30)(H3,25,27,31)/t18-/m0/s1. The molecule has 0 radical (unpaired) electrons. The third kappa shape index (κ3) is 11.9. The summed E-state index contributed by atoms with van der Waals surface area (Å²) in [6.45, 7) is 6.31. The van der Waals surface area contributed by atoms with E-state index in [1.807, 2.05) is 0 Å². The maximum atomic E-state index is 12.4. The molecule has 12 heteroatoms. The number of ether oxygens (including phenoxy) is 2. The fourth-order valence-electron chi connectivity index (χ4n) is 2.75. The number of nitrogens with one attached hydrogen (secondary N) is 2. The molecule has 0 aliphatic heterocycles. The van der Waals surface area contributed by atoms with Crippen molar-refractivity contribution >= 4 is 29.8 Å². The van der Waals surface area contributed by atoms with Gasteiger partial charge in [-0.15, -0.1) is 0 Å². The number of likely N-dealkylation sites (N-methyl/N-ethyl adjacent to an activating group) is 2. The van der Waals surface area contributed by atoms with Gasteiger partial charge in [0.15, 0.2) is 0 Å². The zero-order valence-electron chi connectivity index (χ0n) is 21.1. The minimum absolute atomic E-state index is 0.0294. The van der Waals surface area contributed by atoms with Gasteiger partial charge in [-0.25, -0.2) is 14.4 Å². The van der Waals surface area contributed by atoms with Crippen molar-refractivity contribution in [2.45, 2.75) is 51.9 Å². The van der Waals surface area contributed by atoms with Crippen LogP contribution in [-0.4, -0.2) is 79.3 Å². The Labute approximate surface area is 206 Å². The Kier molecular flexibility index (Phi) is 11.8. The molecule has 1 atom stereocenters. The highest BCUT2D eigenvalue weighted by molar-refractivity contribution is 5.96. The van der Waals surface area contributed by atoms with Gasteiger partial charge < -0.3 is 41.4 Å². The molecule has 0 bridgehead atoms. The molecule has 1 aromatic rings. The lowest BCUT2D eigenvalue weighted by atomic mass is 10.1. The van der Waals surface area contributed by atoms with Crippen molar-refractivity contribution < 1.29 is 28.7 Å². The summed E-state index contributed by atoms with van der Waals surface area (Å²) in [6, 6.07) is 5.14. The first-order valence-electron chi connectivity index (χ1n) is 11.3. The molecule has 0 spiro atoms. The molecule has 0 fully saturated rings. The summed E-state index contributed by atoms with van der Waals surface area (Å²) in [5.41, 5.74) is 11.2. The molecule has 1 rings (SSSR count). The average Bonchev–Trinajstić information content (AvgIpc) is 2.77. The van der Waals surface area contributed by atoms with E-state index in [0.29, 0.717) is 30.6 Å². The van der Waals surface area contributed by atoms with Gasteiger partial charge in [0.25, 0.3) is 0 Å². The normalized spacial score (nSPS) is 11.7. The summed E-state index contributed by atoms with van der Waals surface area (Å²) in [4.78, 5) is 50.5. The van der Waals surface area contributed by atoms with E-state index in [0.717, 1.165) is 0 Å². The quantitative estimate of drug-likeness (QED) is 0.364. The van der Waals surface area contributed by atoms with Gasteiger partial charge in [-0.2, -0.15) is 0 Å². The largest absolute Gasteiger partial charge is 0.445 e. The number of nitrogens with two attached hydrogens (primary N) is 2. The van der Waals surface area contributed by atoms with E-state index in [-0.39, 0.29) is 19.7 Å². The number of hydrogen-bond donors (Lipinski definition) is 4. The third-order valence-corrected chi connectivity index (χ3v) is 4.70. The molecule has 5 amide bonds. The predicted molar refractivity (Wildman–Crippen MR) is 132 cm³/mol. The molecule has 35 heavy (non-hydrogen) atoms. The van der Waals surface area contributed by atoms with Crippen LogP contribution in [0.5, 0.6) is 0 Å². The minimum Gasteiger partial charge on any atom is -0.445 e. The number of benzene rings is 1. The molecule has 0 heterocycles. The van der Waals surface area contributed by atoms with E-state index in [1.54, 1.807) is 59.1 Å². The van der Waals surface area contributed by atoms with E-state index < -0.39 is 35.8 Å². The van der Waals surface area contributed by atoms with Gasteiger partial charge in [0.2, 0.25) is 5.91 Å². The number of carbonyl (C=O) groups is 4. The predicted octanol–water partition coefficient (Wildman–Crippen LogP) is 1.84. The van der Waals surface area contributed by atoms with Crippen molar-refractivity contribution in [3.8, 4) is 0 Å². The third-order valence-electron chi connectivity index (χ3n) is 4.70. The molecule has 0 aliphatic carbocycles. The van der Waals surface area contributed by atoms with Gasteiger partial charge in [-0.05, 0) is 57.9 Å². The van der Waals surface area contributed by atoms with Crippen molar-refractivity contribution in [1.82, 2.24) is 15.1 Å². The van der Waals surface area contributed by atoms with Crippen LogP contribution in [0.15, 0.2) is 24.3 Å². The van der Waals surface area contributed by atoms with Crippen LogP contribution in [0.2, 0.25) is 0 Å². The summed E-state index contributed by atoms with van der Waals surface area (Å²) in [5.74, 6) is -0.408. The smallest absolute Gasteiger partial charge is 0.410 e. The highest BCUT2D eigenvalue weighted by atomic mass is 16.6. The summed E-state index contributed by atoms with van der Waals surface area (Å²) in [7, 11) is 3.17. The van der Waals surface area contributed by atoms with Crippen molar-refractivity contribution in [3.63, 3.8) is 0 Å². The number of nitrogens with zero attached hydrogens (tertiary/aromatic N) is 2. The van der Waals surface area contributed by atoms with Crippen LogP contribution in [0.1, 0.15) is 39.2 Å². The lowest BCUT2D eigenvalue weighted by molar-refractivity contribution is -0.118. The SMILES string of the molecule is CN(CCN(C)C(=O)OC(C)(C)C)C(=O)OCc1ccc(NC(=O)[C@H](CCCN)NC(N)=O)cc1. The van der Waals surface area contributed by atoms with Crippen LogP contribution in [0, 0.1) is 0 Å². The zero-order valence-corrected chi connectivity index (χ0v) is 21.1. The Hall–Kier alpha value is -3.54. The fraction of sp³-hybridized carbons (Fsp3) is 0.565. The van der Waals surface area contributed by atoms with Crippen LogP contribution in [0.4, 0.5) is 20.1 Å². The Bertz CT molecular complexity index is 855. The number of anilines is 1. The molecule has 0 unspecified atom stereocenters. The molecule has 1 aromatic carbocycles. The second-order valence-electron chi connectivity index (χ2n) is 9.06.